The lowest BCUT2D eigenvalue weighted by atomic mass is 10.0. The molecule has 1 N–H and O–H groups in total. The number of carbonyl (C=O) groups excluding carboxylic acids is 2. The molecule has 0 aliphatic heterocycles. The lowest BCUT2D eigenvalue weighted by Gasteiger charge is -2.29. The van der Waals surface area contributed by atoms with Crippen LogP contribution in [0.4, 0.5) is 0 Å². The summed E-state index contributed by atoms with van der Waals surface area (Å²) in [6.45, 7) is 8.70. The van der Waals surface area contributed by atoms with E-state index in [0.29, 0.717) is 30.2 Å². The number of aryl methyl sites for hydroxylation is 1. The van der Waals surface area contributed by atoms with Gasteiger partial charge in [-0.05, 0) is 49.6 Å². The van der Waals surface area contributed by atoms with E-state index in [9.17, 15) is 9.59 Å². The van der Waals surface area contributed by atoms with Gasteiger partial charge in [0.05, 0.1) is 14.2 Å². The smallest absolute Gasteiger partial charge is 0.251 e. The highest BCUT2D eigenvalue weighted by molar-refractivity contribution is 5.97. The molecule has 2 aromatic carbocycles. The topological polar surface area (TPSA) is 67.9 Å². The standard InChI is InChI=1S/C24H32N2O4/c1-7-26(15-18-10-13-20(29-5)21(14-18)30-6)24(28)22(16(2)3)25-23(27)19-11-8-17(4)9-12-19/h8-14,16,22H,7,15H2,1-6H3,(H,25,27)/t22-/m0/s1. The van der Waals surface area contributed by atoms with Gasteiger partial charge in [0, 0.05) is 18.7 Å². The number of amides is 2. The number of rotatable bonds is 9. The third-order valence-electron chi connectivity index (χ3n) is 5.05. The molecule has 162 valence electrons. The van der Waals surface area contributed by atoms with Gasteiger partial charge in [0.1, 0.15) is 6.04 Å². The summed E-state index contributed by atoms with van der Waals surface area (Å²) in [4.78, 5) is 27.7. The van der Waals surface area contributed by atoms with E-state index < -0.39 is 6.04 Å². The van der Waals surface area contributed by atoms with Crippen molar-refractivity contribution < 1.29 is 19.1 Å². The first kappa shape index (κ1) is 23.3. The maximum atomic E-state index is 13.3. The third kappa shape index (κ3) is 5.75. The first-order valence-corrected chi connectivity index (χ1v) is 10.2. The Morgan fingerprint density at radius 3 is 2.17 bits per heavy atom. The summed E-state index contributed by atoms with van der Waals surface area (Å²) in [5, 5.41) is 2.92. The van der Waals surface area contributed by atoms with Gasteiger partial charge in [-0.15, -0.1) is 0 Å². The Kier molecular flexibility index (Phi) is 8.27. The molecule has 6 heteroatoms. The van der Waals surface area contributed by atoms with E-state index in [1.807, 2.05) is 58.0 Å². The minimum Gasteiger partial charge on any atom is -0.493 e. The van der Waals surface area contributed by atoms with Gasteiger partial charge in [-0.3, -0.25) is 9.59 Å². The van der Waals surface area contributed by atoms with Crippen LogP contribution >= 0.6 is 0 Å². The zero-order chi connectivity index (χ0) is 22.3. The van der Waals surface area contributed by atoms with Crippen molar-refractivity contribution in [3.8, 4) is 11.5 Å². The van der Waals surface area contributed by atoms with Crippen molar-refractivity contribution in [1.82, 2.24) is 10.2 Å². The van der Waals surface area contributed by atoms with Gasteiger partial charge < -0.3 is 19.7 Å². The van der Waals surface area contributed by atoms with Crippen LogP contribution in [-0.4, -0.2) is 43.5 Å². The number of carbonyl (C=O) groups is 2. The molecule has 6 nitrogen and oxygen atoms in total. The predicted octanol–water partition coefficient (Wildman–Crippen LogP) is 3.82. The van der Waals surface area contributed by atoms with E-state index in [4.69, 9.17) is 9.47 Å². The molecule has 0 unspecified atom stereocenters. The Morgan fingerprint density at radius 1 is 1.00 bits per heavy atom. The number of likely N-dealkylation sites (N-methyl/N-ethyl adjacent to an activating group) is 1. The Bertz CT molecular complexity index is 862. The van der Waals surface area contributed by atoms with Crippen LogP contribution in [0.5, 0.6) is 11.5 Å². The van der Waals surface area contributed by atoms with Crippen LogP contribution in [0, 0.1) is 12.8 Å². The Hall–Kier alpha value is -3.02. The van der Waals surface area contributed by atoms with Crippen LogP contribution in [0.2, 0.25) is 0 Å². The van der Waals surface area contributed by atoms with Crippen molar-refractivity contribution in [2.45, 2.75) is 40.3 Å². The number of methoxy groups -OCH3 is 2. The summed E-state index contributed by atoms with van der Waals surface area (Å²) >= 11 is 0. The van der Waals surface area contributed by atoms with Crippen molar-refractivity contribution in [3.05, 3.63) is 59.2 Å². The fraction of sp³-hybridized carbons (Fsp3) is 0.417. The minimum atomic E-state index is -0.612. The molecule has 0 bridgehead atoms. The van der Waals surface area contributed by atoms with Gasteiger partial charge in [0.15, 0.2) is 11.5 Å². The molecule has 0 aliphatic carbocycles. The highest BCUT2D eigenvalue weighted by Gasteiger charge is 2.28. The van der Waals surface area contributed by atoms with E-state index >= 15 is 0 Å². The monoisotopic (exact) mass is 412 g/mol. The quantitative estimate of drug-likeness (QED) is 0.680. The fourth-order valence-corrected chi connectivity index (χ4v) is 3.18. The highest BCUT2D eigenvalue weighted by atomic mass is 16.5. The van der Waals surface area contributed by atoms with Gasteiger partial charge in [-0.1, -0.05) is 37.6 Å². The second kappa shape index (κ2) is 10.7. The van der Waals surface area contributed by atoms with Gasteiger partial charge in [0.25, 0.3) is 5.91 Å². The van der Waals surface area contributed by atoms with Crippen molar-refractivity contribution >= 4 is 11.8 Å². The van der Waals surface area contributed by atoms with Gasteiger partial charge >= 0.3 is 0 Å². The molecule has 30 heavy (non-hydrogen) atoms. The summed E-state index contributed by atoms with van der Waals surface area (Å²) in [5.41, 5.74) is 2.55. The predicted molar refractivity (Wildman–Crippen MR) is 118 cm³/mol. The number of benzene rings is 2. The normalized spacial score (nSPS) is 11.7. The van der Waals surface area contributed by atoms with Crippen LogP contribution in [0.25, 0.3) is 0 Å². The van der Waals surface area contributed by atoms with Crippen LogP contribution in [0.1, 0.15) is 42.3 Å². The molecule has 2 rings (SSSR count). The Balaban J connectivity index is 2.17. The zero-order valence-electron chi connectivity index (χ0n) is 18.7. The number of nitrogens with one attached hydrogen (secondary N) is 1. The Labute approximate surface area is 179 Å². The van der Waals surface area contributed by atoms with Gasteiger partial charge in [-0.25, -0.2) is 0 Å². The molecular formula is C24H32N2O4. The maximum Gasteiger partial charge on any atom is 0.251 e. The average molecular weight is 413 g/mol. The molecule has 2 aromatic rings. The molecule has 0 aromatic heterocycles. The van der Waals surface area contributed by atoms with Crippen molar-refractivity contribution in [1.29, 1.82) is 0 Å². The summed E-state index contributed by atoms with van der Waals surface area (Å²) < 4.78 is 10.6. The van der Waals surface area contributed by atoms with E-state index in [1.54, 1.807) is 31.3 Å². The zero-order valence-corrected chi connectivity index (χ0v) is 18.7. The molecule has 0 spiro atoms. The minimum absolute atomic E-state index is 0.0497. The fourth-order valence-electron chi connectivity index (χ4n) is 3.18. The summed E-state index contributed by atoms with van der Waals surface area (Å²) in [6.07, 6.45) is 0. The van der Waals surface area contributed by atoms with Crippen LogP contribution in [-0.2, 0) is 11.3 Å². The van der Waals surface area contributed by atoms with E-state index in [2.05, 4.69) is 5.32 Å². The number of hydrogen-bond donors (Lipinski definition) is 1. The van der Waals surface area contributed by atoms with Crippen molar-refractivity contribution in [2.24, 2.45) is 5.92 Å². The molecule has 2 amide bonds. The lowest BCUT2D eigenvalue weighted by molar-refractivity contribution is -0.134. The van der Waals surface area contributed by atoms with E-state index in [-0.39, 0.29) is 17.7 Å². The van der Waals surface area contributed by atoms with Gasteiger partial charge in [0.2, 0.25) is 5.91 Å². The Morgan fingerprint density at radius 2 is 1.63 bits per heavy atom. The molecule has 0 fully saturated rings. The van der Waals surface area contributed by atoms with E-state index in [0.717, 1.165) is 11.1 Å². The second-order valence-electron chi connectivity index (χ2n) is 7.60. The summed E-state index contributed by atoms with van der Waals surface area (Å²) in [7, 11) is 3.17. The third-order valence-corrected chi connectivity index (χ3v) is 5.05. The van der Waals surface area contributed by atoms with Gasteiger partial charge in [-0.2, -0.15) is 0 Å². The molecule has 0 saturated heterocycles. The first-order valence-electron chi connectivity index (χ1n) is 10.2. The maximum absolute atomic E-state index is 13.3. The van der Waals surface area contributed by atoms with Crippen molar-refractivity contribution in [3.63, 3.8) is 0 Å². The van der Waals surface area contributed by atoms with E-state index in [1.165, 1.54) is 0 Å². The number of ether oxygens (including phenoxy) is 2. The summed E-state index contributed by atoms with van der Waals surface area (Å²) in [6, 6.07) is 12.3. The first-order chi connectivity index (χ1) is 14.3. The molecular weight excluding hydrogens is 380 g/mol. The molecule has 1 atom stereocenters. The largest absolute Gasteiger partial charge is 0.493 e. The van der Waals surface area contributed by atoms with Crippen LogP contribution < -0.4 is 14.8 Å². The van der Waals surface area contributed by atoms with Crippen LogP contribution in [0.3, 0.4) is 0 Å². The number of hydrogen-bond acceptors (Lipinski definition) is 4. The second-order valence-corrected chi connectivity index (χ2v) is 7.60. The highest BCUT2D eigenvalue weighted by Crippen LogP contribution is 2.28. The van der Waals surface area contributed by atoms with Crippen molar-refractivity contribution in [2.75, 3.05) is 20.8 Å². The molecule has 0 radical (unpaired) electrons. The average Bonchev–Trinajstić information content (AvgIpc) is 2.75. The number of nitrogens with zero attached hydrogens (tertiary/aromatic N) is 1. The SMILES string of the molecule is CCN(Cc1ccc(OC)c(OC)c1)C(=O)[C@@H](NC(=O)c1ccc(C)cc1)C(C)C. The molecule has 0 saturated carbocycles. The summed E-state index contributed by atoms with van der Waals surface area (Å²) in [5.74, 6) is 0.853. The lowest BCUT2D eigenvalue weighted by Crippen LogP contribution is -2.51. The van der Waals surface area contributed by atoms with Crippen LogP contribution in [0.15, 0.2) is 42.5 Å². The molecule has 0 aliphatic rings. The molecule has 0 heterocycles.